The number of carbonyl (C=O) groups excluding carboxylic acids is 2. The first kappa shape index (κ1) is 23.3. The molecule has 2 aromatic carbocycles. The maximum absolute atomic E-state index is 13.0. The molecule has 2 N–H and O–H groups in total. The molecule has 0 aromatic heterocycles. The zero-order chi connectivity index (χ0) is 22.3. The Kier molecular flexibility index (Phi) is 8.27. The molecule has 162 valence electrons. The van der Waals surface area contributed by atoms with Gasteiger partial charge in [0.25, 0.3) is 5.91 Å². The summed E-state index contributed by atoms with van der Waals surface area (Å²) in [6, 6.07) is 11.9. The molecule has 0 fully saturated rings. The van der Waals surface area contributed by atoms with Crippen LogP contribution < -0.4 is 20.1 Å². The number of nitrogens with one attached hydrogen (secondary N) is 2. The molecule has 30 heavy (non-hydrogen) atoms. The molecule has 0 heterocycles. The molecule has 0 radical (unpaired) electrons. The molecular formula is C24H32N2O4. The van der Waals surface area contributed by atoms with Crippen molar-refractivity contribution in [1.29, 1.82) is 0 Å². The van der Waals surface area contributed by atoms with E-state index in [2.05, 4.69) is 10.6 Å². The Bertz CT molecular complexity index is 879. The zero-order valence-corrected chi connectivity index (χ0v) is 18.6. The van der Waals surface area contributed by atoms with Crippen LogP contribution in [0.25, 0.3) is 0 Å². The topological polar surface area (TPSA) is 76.7 Å². The van der Waals surface area contributed by atoms with Crippen molar-refractivity contribution in [2.24, 2.45) is 5.92 Å². The fourth-order valence-electron chi connectivity index (χ4n) is 3.26. The van der Waals surface area contributed by atoms with E-state index in [-0.39, 0.29) is 23.8 Å². The third kappa shape index (κ3) is 5.75. The SMILES string of the molecule is CCOc1ccccc1C(=O)NC(C(=O)NC(C)c1cc(C)ccc1OC)C(C)C. The summed E-state index contributed by atoms with van der Waals surface area (Å²) in [5, 5.41) is 5.88. The normalized spacial score (nSPS) is 12.8. The van der Waals surface area contributed by atoms with Gasteiger partial charge in [-0.2, -0.15) is 0 Å². The first-order valence-corrected chi connectivity index (χ1v) is 10.3. The molecule has 0 bridgehead atoms. The zero-order valence-electron chi connectivity index (χ0n) is 18.6. The van der Waals surface area contributed by atoms with Crippen molar-refractivity contribution in [2.75, 3.05) is 13.7 Å². The third-order valence-electron chi connectivity index (χ3n) is 4.88. The molecule has 2 rings (SSSR count). The molecule has 0 aliphatic carbocycles. The van der Waals surface area contributed by atoms with Crippen molar-refractivity contribution in [1.82, 2.24) is 10.6 Å². The maximum atomic E-state index is 13.0. The maximum Gasteiger partial charge on any atom is 0.255 e. The van der Waals surface area contributed by atoms with Gasteiger partial charge in [0.1, 0.15) is 17.5 Å². The summed E-state index contributed by atoms with van der Waals surface area (Å²) in [5.41, 5.74) is 2.38. The largest absolute Gasteiger partial charge is 0.496 e. The monoisotopic (exact) mass is 412 g/mol. The Morgan fingerprint density at radius 2 is 1.70 bits per heavy atom. The van der Waals surface area contributed by atoms with Gasteiger partial charge in [-0.05, 0) is 44.9 Å². The van der Waals surface area contributed by atoms with Gasteiger partial charge in [0.05, 0.1) is 25.3 Å². The molecule has 0 aliphatic rings. The molecule has 6 nitrogen and oxygen atoms in total. The number of aryl methyl sites for hydroxylation is 1. The lowest BCUT2D eigenvalue weighted by molar-refractivity contribution is -0.124. The quantitative estimate of drug-likeness (QED) is 0.652. The van der Waals surface area contributed by atoms with Crippen molar-refractivity contribution in [3.05, 3.63) is 59.2 Å². The Balaban J connectivity index is 2.17. The number of amides is 2. The summed E-state index contributed by atoms with van der Waals surface area (Å²) in [6.45, 7) is 10.0. The van der Waals surface area contributed by atoms with Gasteiger partial charge >= 0.3 is 0 Å². The van der Waals surface area contributed by atoms with Crippen LogP contribution in [0.2, 0.25) is 0 Å². The second-order valence-corrected chi connectivity index (χ2v) is 7.60. The van der Waals surface area contributed by atoms with E-state index in [0.717, 1.165) is 11.1 Å². The summed E-state index contributed by atoms with van der Waals surface area (Å²) >= 11 is 0. The van der Waals surface area contributed by atoms with Crippen LogP contribution in [-0.2, 0) is 4.79 Å². The third-order valence-corrected chi connectivity index (χ3v) is 4.88. The fourth-order valence-corrected chi connectivity index (χ4v) is 3.26. The minimum atomic E-state index is -0.689. The fraction of sp³-hybridized carbons (Fsp3) is 0.417. The highest BCUT2D eigenvalue weighted by Crippen LogP contribution is 2.26. The van der Waals surface area contributed by atoms with Crippen LogP contribution in [0.4, 0.5) is 0 Å². The molecule has 0 saturated heterocycles. The minimum Gasteiger partial charge on any atom is -0.496 e. The van der Waals surface area contributed by atoms with E-state index in [9.17, 15) is 9.59 Å². The standard InChI is InChI=1S/C24H32N2O4/c1-7-30-21-11-9-8-10-18(21)23(27)26-22(15(2)3)24(28)25-17(5)19-14-16(4)12-13-20(19)29-6/h8-15,17,22H,7H2,1-6H3,(H,25,28)(H,26,27). The molecule has 2 unspecified atom stereocenters. The van der Waals surface area contributed by atoms with Gasteiger partial charge < -0.3 is 20.1 Å². The molecular weight excluding hydrogens is 380 g/mol. The van der Waals surface area contributed by atoms with Gasteiger partial charge in [-0.3, -0.25) is 9.59 Å². The number of hydrogen-bond acceptors (Lipinski definition) is 4. The highest BCUT2D eigenvalue weighted by Gasteiger charge is 2.27. The van der Waals surface area contributed by atoms with E-state index in [0.29, 0.717) is 23.7 Å². The van der Waals surface area contributed by atoms with E-state index in [4.69, 9.17) is 9.47 Å². The lowest BCUT2D eigenvalue weighted by atomic mass is 10.00. The van der Waals surface area contributed by atoms with Gasteiger partial charge in [-0.1, -0.05) is 43.7 Å². The van der Waals surface area contributed by atoms with E-state index in [1.165, 1.54) is 0 Å². The summed E-state index contributed by atoms with van der Waals surface area (Å²) < 4.78 is 11.0. The summed E-state index contributed by atoms with van der Waals surface area (Å²) in [4.78, 5) is 25.9. The van der Waals surface area contributed by atoms with Crippen molar-refractivity contribution in [2.45, 2.75) is 46.7 Å². The van der Waals surface area contributed by atoms with Gasteiger partial charge in [0, 0.05) is 5.56 Å². The van der Waals surface area contributed by atoms with Crippen LogP contribution in [0.1, 0.15) is 55.2 Å². The number of carbonyl (C=O) groups is 2. The van der Waals surface area contributed by atoms with Crippen LogP contribution in [0.5, 0.6) is 11.5 Å². The molecule has 0 saturated carbocycles. The second-order valence-electron chi connectivity index (χ2n) is 7.60. The molecule has 0 aliphatic heterocycles. The van der Waals surface area contributed by atoms with Gasteiger partial charge in [0.15, 0.2) is 0 Å². The number of methoxy groups -OCH3 is 1. The van der Waals surface area contributed by atoms with Gasteiger partial charge in [-0.15, -0.1) is 0 Å². The van der Waals surface area contributed by atoms with Crippen LogP contribution in [0.3, 0.4) is 0 Å². The van der Waals surface area contributed by atoms with Gasteiger partial charge in [-0.25, -0.2) is 0 Å². The summed E-state index contributed by atoms with van der Waals surface area (Å²) in [5.74, 6) is 0.527. The van der Waals surface area contributed by atoms with Crippen molar-refractivity contribution >= 4 is 11.8 Å². The van der Waals surface area contributed by atoms with Crippen LogP contribution >= 0.6 is 0 Å². The summed E-state index contributed by atoms with van der Waals surface area (Å²) in [7, 11) is 1.61. The van der Waals surface area contributed by atoms with E-state index in [1.807, 2.05) is 58.9 Å². The molecule has 0 spiro atoms. The van der Waals surface area contributed by atoms with Crippen molar-refractivity contribution in [3.8, 4) is 11.5 Å². The Morgan fingerprint density at radius 3 is 2.33 bits per heavy atom. The first-order valence-electron chi connectivity index (χ1n) is 10.3. The average molecular weight is 413 g/mol. The van der Waals surface area contributed by atoms with Crippen LogP contribution in [-0.4, -0.2) is 31.6 Å². The molecule has 2 atom stereocenters. The van der Waals surface area contributed by atoms with Crippen LogP contribution in [0.15, 0.2) is 42.5 Å². The minimum absolute atomic E-state index is 0.0974. The summed E-state index contributed by atoms with van der Waals surface area (Å²) in [6.07, 6.45) is 0. The first-order chi connectivity index (χ1) is 14.3. The number of benzene rings is 2. The molecule has 2 aromatic rings. The Morgan fingerprint density at radius 1 is 1.00 bits per heavy atom. The van der Waals surface area contributed by atoms with Crippen LogP contribution in [0, 0.1) is 12.8 Å². The van der Waals surface area contributed by atoms with E-state index >= 15 is 0 Å². The second kappa shape index (κ2) is 10.7. The number of hydrogen-bond donors (Lipinski definition) is 2. The van der Waals surface area contributed by atoms with Crippen molar-refractivity contribution < 1.29 is 19.1 Å². The van der Waals surface area contributed by atoms with Gasteiger partial charge in [0.2, 0.25) is 5.91 Å². The average Bonchev–Trinajstić information content (AvgIpc) is 2.72. The lowest BCUT2D eigenvalue weighted by Crippen LogP contribution is -2.50. The number of para-hydroxylation sites is 1. The predicted octanol–water partition coefficient (Wildman–Crippen LogP) is 4.03. The Hall–Kier alpha value is -3.02. The van der Waals surface area contributed by atoms with E-state index < -0.39 is 6.04 Å². The lowest BCUT2D eigenvalue weighted by Gasteiger charge is -2.25. The smallest absolute Gasteiger partial charge is 0.255 e. The highest BCUT2D eigenvalue weighted by molar-refractivity contribution is 5.99. The number of ether oxygens (including phenoxy) is 2. The highest BCUT2D eigenvalue weighted by atomic mass is 16.5. The Labute approximate surface area is 179 Å². The predicted molar refractivity (Wildman–Crippen MR) is 118 cm³/mol. The molecule has 6 heteroatoms. The van der Waals surface area contributed by atoms with Crippen molar-refractivity contribution in [3.63, 3.8) is 0 Å². The number of rotatable bonds is 9. The van der Waals surface area contributed by atoms with E-state index in [1.54, 1.807) is 25.3 Å². The molecule has 2 amide bonds.